The third-order valence-corrected chi connectivity index (χ3v) is 6.39. The first kappa shape index (κ1) is 20.7. The van der Waals surface area contributed by atoms with E-state index < -0.39 is 6.09 Å². The number of ether oxygens (including phenoxy) is 1. The molecule has 156 valence electrons. The molecule has 30 heavy (non-hydrogen) atoms. The summed E-state index contributed by atoms with van der Waals surface area (Å²) in [6.07, 6.45) is -0.467. The summed E-state index contributed by atoms with van der Waals surface area (Å²) in [6.45, 7) is 4.52. The number of amides is 1. The molecule has 0 aliphatic carbocycles. The van der Waals surface area contributed by atoms with Crippen molar-refractivity contribution in [3.05, 3.63) is 71.2 Å². The highest BCUT2D eigenvalue weighted by Gasteiger charge is 2.18. The third-order valence-electron chi connectivity index (χ3n) is 5.14. The predicted octanol–water partition coefficient (Wildman–Crippen LogP) is 5.11. The number of thiophene rings is 1. The van der Waals surface area contributed by atoms with E-state index in [1.807, 2.05) is 30.3 Å². The zero-order valence-electron chi connectivity index (χ0n) is 16.8. The number of hydrogen-bond donors (Lipinski definition) is 1. The van der Waals surface area contributed by atoms with Crippen LogP contribution < -0.4 is 15.0 Å². The lowest BCUT2D eigenvalue weighted by molar-refractivity contribution is 0.201. The van der Waals surface area contributed by atoms with Crippen molar-refractivity contribution in [1.82, 2.24) is 10.2 Å². The molecule has 5 nitrogen and oxygen atoms in total. The fourth-order valence-corrected chi connectivity index (χ4v) is 4.44. The Kier molecular flexibility index (Phi) is 6.57. The van der Waals surface area contributed by atoms with Crippen molar-refractivity contribution in [3.8, 4) is 15.5 Å². The van der Waals surface area contributed by atoms with E-state index in [1.54, 1.807) is 12.1 Å². The lowest BCUT2D eigenvalue weighted by atomic mass is 10.1. The molecule has 0 saturated carbocycles. The van der Waals surface area contributed by atoms with Gasteiger partial charge in [0.05, 0.1) is 0 Å². The van der Waals surface area contributed by atoms with E-state index in [0.29, 0.717) is 16.6 Å². The summed E-state index contributed by atoms with van der Waals surface area (Å²) >= 11 is 7.36. The van der Waals surface area contributed by atoms with Crippen molar-refractivity contribution in [2.75, 3.05) is 38.1 Å². The molecule has 1 saturated heterocycles. The van der Waals surface area contributed by atoms with E-state index in [2.05, 4.69) is 40.4 Å². The zero-order valence-corrected chi connectivity index (χ0v) is 18.4. The van der Waals surface area contributed by atoms with Crippen LogP contribution >= 0.6 is 22.9 Å². The standard InChI is InChI=1S/C23H24ClN3O2S/c1-26-12-14-27(15-13-26)20-5-3-2-4-19(20)21-10-11-22(30-21)29-23(28)25-16-17-6-8-18(24)9-7-17/h2-11H,12-16H2,1H3,(H,25,28). The van der Waals surface area contributed by atoms with Crippen LogP contribution in [0.1, 0.15) is 5.56 Å². The summed E-state index contributed by atoms with van der Waals surface area (Å²) < 4.78 is 5.48. The fourth-order valence-electron chi connectivity index (χ4n) is 3.43. The van der Waals surface area contributed by atoms with Crippen LogP contribution in [0.15, 0.2) is 60.7 Å². The topological polar surface area (TPSA) is 44.8 Å². The predicted molar refractivity (Wildman–Crippen MR) is 124 cm³/mol. The average Bonchev–Trinajstić information content (AvgIpc) is 3.22. The maximum Gasteiger partial charge on any atom is 0.413 e. The Morgan fingerprint density at radius 2 is 1.77 bits per heavy atom. The number of nitrogens with one attached hydrogen (secondary N) is 1. The number of carbonyl (C=O) groups is 1. The molecule has 0 unspecified atom stereocenters. The van der Waals surface area contributed by atoms with Crippen molar-refractivity contribution in [2.24, 2.45) is 0 Å². The number of para-hydroxylation sites is 1. The number of rotatable bonds is 5. The van der Waals surface area contributed by atoms with Crippen molar-refractivity contribution in [3.63, 3.8) is 0 Å². The largest absolute Gasteiger partial charge is 0.413 e. The van der Waals surface area contributed by atoms with Crippen molar-refractivity contribution in [1.29, 1.82) is 0 Å². The molecular formula is C23H24ClN3O2S. The van der Waals surface area contributed by atoms with Crippen LogP contribution in [0, 0.1) is 0 Å². The molecule has 1 aromatic heterocycles. The minimum absolute atomic E-state index is 0.389. The number of piperazine rings is 1. The van der Waals surface area contributed by atoms with Crippen LogP contribution in [0.5, 0.6) is 5.06 Å². The minimum atomic E-state index is -0.467. The Balaban J connectivity index is 1.40. The molecule has 7 heteroatoms. The second-order valence-corrected chi connectivity index (χ2v) is 8.78. The van der Waals surface area contributed by atoms with Gasteiger partial charge in [-0.2, -0.15) is 0 Å². The van der Waals surface area contributed by atoms with Crippen LogP contribution in [0.4, 0.5) is 10.5 Å². The number of nitrogens with zero attached hydrogens (tertiary/aromatic N) is 2. The molecule has 1 amide bonds. The summed E-state index contributed by atoms with van der Waals surface area (Å²) in [4.78, 5) is 18.0. The molecule has 1 aliphatic heterocycles. The second-order valence-electron chi connectivity index (χ2n) is 7.30. The van der Waals surface area contributed by atoms with Crippen molar-refractivity contribution >= 4 is 34.7 Å². The van der Waals surface area contributed by atoms with E-state index in [1.165, 1.54) is 22.6 Å². The van der Waals surface area contributed by atoms with Crippen LogP contribution in [-0.4, -0.2) is 44.2 Å². The van der Waals surface area contributed by atoms with Crippen LogP contribution in [0.25, 0.3) is 10.4 Å². The number of likely N-dealkylation sites (N-methyl/N-ethyl adjacent to an activating group) is 1. The molecule has 2 aromatic carbocycles. The maximum atomic E-state index is 12.2. The Morgan fingerprint density at radius 3 is 2.53 bits per heavy atom. The molecule has 2 heterocycles. The van der Waals surface area contributed by atoms with Gasteiger partial charge in [-0.15, -0.1) is 0 Å². The van der Waals surface area contributed by atoms with Gasteiger partial charge in [0.15, 0.2) is 5.06 Å². The Hall–Kier alpha value is -2.54. The highest BCUT2D eigenvalue weighted by molar-refractivity contribution is 7.17. The molecule has 0 atom stereocenters. The van der Waals surface area contributed by atoms with Gasteiger partial charge in [0.1, 0.15) is 0 Å². The molecule has 4 rings (SSSR count). The Bertz CT molecular complexity index is 998. The molecule has 0 radical (unpaired) electrons. The van der Waals surface area contributed by atoms with Crippen molar-refractivity contribution in [2.45, 2.75) is 6.54 Å². The zero-order chi connectivity index (χ0) is 20.9. The normalized spacial score (nSPS) is 14.5. The van der Waals surface area contributed by atoms with Crippen LogP contribution in [0.3, 0.4) is 0 Å². The molecule has 3 aromatic rings. The van der Waals surface area contributed by atoms with E-state index in [0.717, 1.165) is 36.6 Å². The highest BCUT2D eigenvalue weighted by Crippen LogP contribution is 2.38. The van der Waals surface area contributed by atoms with E-state index in [4.69, 9.17) is 16.3 Å². The van der Waals surface area contributed by atoms with Gasteiger partial charge >= 0.3 is 6.09 Å². The second kappa shape index (κ2) is 9.51. The molecular weight excluding hydrogens is 418 g/mol. The lowest BCUT2D eigenvalue weighted by Crippen LogP contribution is -2.44. The lowest BCUT2D eigenvalue weighted by Gasteiger charge is -2.35. The molecule has 1 aliphatic rings. The molecule has 0 bridgehead atoms. The molecule has 1 fully saturated rings. The van der Waals surface area contributed by atoms with Crippen molar-refractivity contribution < 1.29 is 9.53 Å². The number of carbonyl (C=O) groups excluding carboxylic acids is 1. The number of benzene rings is 2. The summed E-state index contributed by atoms with van der Waals surface area (Å²) in [5, 5.41) is 4.02. The monoisotopic (exact) mass is 441 g/mol. The van der Waals surface area contributed by atoms with E-state index in [-0.39, 0.29) is 0 Å². The maximum absolute atomic E-state index is 12.2. The first-order valence-electron chi connectivity index (χ1n) is 9.91. The molecule has 1 N–H and O–H groups in total. The summed E-state index contributed by atoms with van der Waals surface area (Å²) in [7, 11) is 2.16. The average molecular weight is 442 g/mol. The summed E-state index contributed by atoms with van der Waals surface area (Å²) in [5.74, 6) is 0. The quantitative estimate of drug-likeness (QED) is 0.597. The summed E-state index contributed by atoms with van der Waals surface area (Å²) in [5.41, 5.74) is 3.36. The Morgan fingerprint density at radius 1 is 1.03 bits per heavy atom. The number of halogens is 1. The van der Waals surface area contributed by atoms with Gasteiger partial charge in [-0.3, -0.25) is 0 Å². The third kappa shape index (κ3) is 5.14. The number of anilines is 1. The van der Waals surface area contributed by atoms with Gasteiger partial charge < -0.3 is 19.9 Å². The molecule has 0 spiro atoms. The van der Waals surface area contributed by atoms with Gasteiger partial charge in [-0.05, 0) is 42.9 Å². The van der Waals surface area contributed by atoms with Gasteiger partial charge in [-0.25, -0.2) is 4.79 Å². The van der Waals surface area contributed by atoms with Crippen LogP contribution in [-0.2, 0) is 6.54 Å². The van der Waals surface area contributed by atoms with Gasteiger partial charge in [0, 0.05) is 53.9 Å². The first-order chi connectivity index (χ1) is 14.6. The summed E-state index contributed by atoms with van der Waals surface area (Å²) in [6, 6.07) is 19.6. The van der Waals surface area contributed by atoms with E-state index in [9.17, 15) is 4.79 Å². The minimum Gasteiger partial charge on any atom is -0.399 e. The van der Waals surface area contributed by atoms with Gasteiger partial charge in [0.25, 0.3) is 0 Å². The Labute approximate surface area is 185 Å². The smallest absolute Gasteiger partial charge is 0.399 e. The van der Waals surface area contributed by atoms with Gasteiger partial charge in [-0.1, -0.05) is 53.3 Å². The highest BCUT2D eigenvalue weighted by atomic mass is 35.5. The SMILES string of the molecule is CN1CCN(c2ccccc2-c2ccc(OC(=O)NCc3ccc(Cl)cc3)s2)CC1. The van der Waals surface area contributed by atoms with E-state index >= 15 is 0 Å². The van der Waals surface area contributed by atoms with Crippen LogP contribution in [0.2, 0.25) is 5.02 Å². The number of hydrogen-bond acceptors (Lipinski definition) is 5. The fraction of sp³-hybridized carbons (Fsp3) is 0.261. The van der Waals surface area contributed by atoms with Gasteiger partial charge in [0.2, 0.25) is 0 Å². The first-order valence-corrected chi connectivity index (χ1v) is 11.1.